The van der Waals surface area contributed by atoms with Crippen molar-refractivity contribution in [2.24, 2.45) is 0 Å². The summed E-state index contributed by atoms with van der Waals surface area (Å²) in [6.07, 6.45) is 6.37. The van der Waals surface area contributed by atoms with Crippen LogP contribution in [0.3, 0.4) is 0 Å². The van der Waals surface area contributed by atoms with Gasteiger partial charge in [0.05, 0.1) is 6.10 Å². The van der Waals surface area contributed by atoms with Crippen LogP contribution in [0, 0.1) is 6.92 Å². The maximum atomic E-state index is 12.2. The fraction of sp³-hybridized carbons (Fsp3) is 0.276. The van der Waals surface area contributed by atoms with Gasteiger partial charge in [0.25, 0.3) is 0 Å². The molecule has 33 heavy (non-hydrogen) atoms. The minimum absolute atomic E-state index is 0.0649. The Labute approximate surface area is 196 Å². The van der Waals surface area contributed by atoms with Crippen molar-refractivity contribution >= 4 is 12.2 Å². The fourth-order valence-corrected chi connectivity index (χ4v) is 4.09. The normalized spacial score (nSPS) is 18.8. The molecule has 3 aromatic carbocycles. The van der Waals surface area contributed by atoms with Gasteiger partial charge >= 0.3 is 6.09 Å². The molecule has 1 amide bonds. The van der Waals surface area contributed by atoms with Gasteiger partial charge in [0, 0.05) is 6.04 Å². The first-order chi connectivity index (χ1) is 16.2. The Morgan fingerprint density at radius 2 is 1.67 bits per heavy atom. The van der Waals surface area contributed by atoms with E-state index in [9.17, 15) is 4.79 Å². The molecular formula is C29H31NO3. The lowest BCUT2D eigenvalue weighted by Gasteiger charge is -2.21. The summed E-state index contributed by atoms with van der Waals surface area (Å²) in [5.41, 5.74) is 4.48. The Hall–Kier alpha value is -3.37. The van der Waals surface area contributed by atoms with E-state index in [0.717, 1.165) is 36.0 Å². The molecule has 0 spiro atoms. The molecule has 3 atom stereocenters. The van der Waals surface area contributed by atoms with Gasteiger partial charge in [-0.3, -0.25) is 0 Å². The second-order valence-corrected chi connectivity index (χ2v) is 8.58. The van der Waals surface area contributed by atoms with E-state index < -0.39 is 0 Å². The van der Waals surface area contributed by atoms with Gasteiger partial charge in [-0.2, -0.15) is 0 Å². The van der Waals surface area contributed by atoms with Gasteiger partial charge in [-0.15, -0.1) is 0 Å². The van der Waals surface area contributed by atoms with Crippen molar-refractivity contribution in [1.29, 1.82) is 0 Å². The van der Waals surface area contributed by atoms with E-state index in [2.05, 4.69) is 60.8 Å². The fourth-order valence-electron chi connectivity index (χ4n) is 4.09. The highest BCUT2D eigenvalue weighted by molar-refractivity contribution is 5.67. The second kappa shape index (κ2) is 11.5. The van der Waals surface area contributed by atoms with E-state index in [0.29, 0.717) is 0 Å². The van der Waals surface area contributed by atoms with Crippen LogP contribution in [-0.4, -0.2) is 18.2 Å². The molecule has 0 aromatic heterocycles. The first-order valence-corrected chi connectivity index (χ1v) is 11.6. The number of alkyl carbamates (subject to hydrolysis) is 1. The van der Waals surface area contributed by atoms with Crippen LogP contribution in [-0.2, 0) is 16.1 Å². The monoisotopic (exact) mass is 441 g/mol. The van der Waals surface area contributed by atoms with E-state index >= 15 is 0 Å². The van der Waals surface area contributed by atoms with Crippen LogP contribution in [0.2, 0.25) is 0 Å². The summed E-state index contributed by atoms with van der Waals surface area (Å²) in [5, 5.41) is 3.00. The SMILES string of the molecule is Cc1ccc(C(/C=C\c2ccccc2)OC2CCC(NC(=O)OCc3ccccc3)C2)cc1. The second-order valence-electron chi connectivity index (χ2n) is 8.58. The lowest BCUT2D eigenvalue weighted by atomic mass is 10.1. The van der Waals surface area contributed by atoms with Gasteiger partial charge < -0.3 is 14.8 Å². The predicted molar refractivity (Wildman–Crippen MR) is 132 cm³/mol. The number of amides is 1. The van der Waals surface area contributed by atoms with Crippen molar-refractivity contribution in [3.05, 3.63) is 113 Å². The Kier molecular flexibility index (Phi) is 7.94. The molecular weight excluding hydrogens is 410 g/mol. The summed E-state index contributed by atoms with van der Waals surface area (Å²) in [4.78, 5) is 12.2. The minimum atomic E-state index is -0.372. The topological polar surface area (TPSA) is 47.6 Å². The average molecular weight is 442 g/mol. The molecule has 4 nitrogen and oxygen atoms in total. The minimum Gasteiger partial charge on any atom is -0.445 e. The number of ether oxygens (including phenoxy) is 2. The number of carbonyl (C=O) groups is 1. The lowest BCUT2D eigenvalue weighted by molar-refractivity contribution is 0.0159. The lowest BCUT2D eigenvalue weighted by Crippen LogP contribution is -2.33. The Bertz CT molecular complexity index is 1030. The zero-order valence-corrected chi connectivity index (χ0v) is 19.0. The van der Waals surface area contributed by atoms with Gasteiger partial charge in [0.1, 0.15) is 12.7 Å². The third-order valence-electron chi connectivity index (χ3n) is 5.93. The van der Waals surface area contributed by atoms with Crippen LogP contribution in [0.25, 0.3) is 6.08 Å². The smallest absolute Gasteiger partial charge is 0.407 e. The summed E-state index contributed by atoms with van der Waals surface area (Å²) in [6, 6.07) is 28.5. The molecule has 1 fully saturated rings. The highest BCUT2D eigenvalue weighted by Gasteiger charge is 2.29. The van der Waals surface area contributed by atoms with E-state index in [1.165, 1.54) is 5.56 Å². The zero-order chi connectivity index (χ0) is 22.9. The van der Waals surface area contributed by atoms with Gasteiger partial charge in [-0.25, -0.2) is 4.79 Å². The summed E-state index contributed by atoms with van der Waals surface area (Å²) < 4.78 is 11.9. The standard InChI is InChI=1S/C29H31NO3/c1-22-12-15-25(16-13-22)28(19-14-23-8-4-2-5-9-23)33-27-18-17-26(20-27)30-29(31)32-21-24-10-6-3-7-11-24/h2-16,19,26-28H,17-18,20-21H2,1H3,(H,30,31)/b19-14-. The highest BCUT2D eigenvalue weighted by atomic mass is 16.5. The summed E-state index contributed by atoms with van der Waals surface area (Å²) in [6.45, 7) is 2.36. The molecule has 1 N–H and O–H groups in total. The molecule has 1 saturated carbocycles. The van der Waals surface area contributed by atoms with Gasteiger partial charge in [-0.1, -0.05) is 103 Å². The molecule has 170 valence electrons. The summed E-state index contributed by atoms with van der Waals surface area (Å²) in [5.74, 6) is 0. The van der Waals surface area contributed by atoms with Crippen LogP contribution in [0.15, 0.2) is 91.0 Å². The van der Waals surface area contributed by atoms with Gasteiger partial charge in [-0.05, 0) is 42.9 Å². The number of carbonyl (C=O) groups excluding carboxylic acids is 1. The quantitative estimate of drug-likeness (QED) is 0.428. The number of hydrogen-bond donors (Lipinski definition) is 1. The third kappa shape index (κ3) is 7.06. The number of nitrogens with one attached hydrogen (secondary N) is 1. The number of aryl methyl sites for hydroxylation is 1. The Morgan fingerprint density at radius 1 is 0.970 bits per heavy atom. The van der Waals surface area contributed by atoms with Crippen LogP contribution >= 0.6 is 0 Å². The number of hydrogen-bond acceptors (Lipinski definition) is 3. The molecule has 0 bridgehead atoms. The summed E-state index contributed by atoms with van der Waals surface area (Å²) >= 11 is 0. The van der Waals surface area contributed by atoms with Crippen LogP contribution in [0.5, 0.6) is 0 Å². The highest BCUT2D eigenvalue weighted by Crippen LogP contribution is 2.30. The zero-order valence-electron chi connectivity index (χ0n) is 19.0. The Balaban J connectivity index is 1.33. The van der Waals surface area contributed by atoms with Crippen molar-refractivity contribution in [2.75, 3.05) is 0 Å². The van der Waals surface area contributed by atoms with Crippen molar-refractivity contribution in [3.8, 4) is 0 Å². The molecule has 3 unspecified atom stereocenters. The third-order valence-corrected chi connectivity index (χ3v) is 5.93. The first kappa shape index (κ1) is 22.8. The molecule has 0 heterocycles. The van der Waals surface area contributed by atoms with Crippen LogP contribution < -0.4 is 5.32 Å². The predicted octanol–water partition coefficient (Wildman–Crippen LogP) is 6.61. The molecule has 1 aliphatic rings. The average Bonchev–Trinajstić information content (AvgIpc) is 3.29. The van der Waals surface area contributed by atoms with Crippen molar-refractivity contribution in [2.45, 2.75) is 51.0 Å². The van der Waals surface area contributed by atoms with Crippen molar-refractivity contribution in [1.82, 2.24) is 5.32 Å². The largest absolute Gasteiger partial charge is 0.445 e. The maximum Gasteiger partial charge on any atom is 0.407 e. The number of benzene rings is 3. The number of rotatable bonds is 8. The van der Waals surface area contributed by atoms with E-state index in [4.69, 9.17) is 9.47 Å². The maximum absolute atomic E-state index is 12.2. The van der Waals surface area contributed by atoms with Gasteiger partial charge in [0.2, 0.25) is 0 Å². The molecule has 4 heteroatoms. The van der Waals surface area contributed by atoms with Gasteiger partial charge in [0.15, 0.2) is 0 Å². The van der Waals surface area contributed by atoms with Crippen molar-refractivity contribution in [3.63, 3.8) is 0 Å². The van der Waals surface area contributed by atoms with Crippen LogP contribution in [0.4, 0.5) is 4.79 Å². The summed E-state index contributed by atoms with van der Waals surface area (Å²) in [7, 11) is 0. The van der Waals surface area contributed by atoms with Crippen LogP contribution in [0.1, 0.15) is 47.6 Å². The molecule has 4 rings (SSSR count). The molecule has 3 aromatic rings. The van der Waals surface area contributed by atoms with E-state index in [1.54, 1.807) is 0 Å². The van der Waals surface area contributed by atoms with Crippen molar-refractivity contribution < 1.29 is 14.3 Å². The first-order valence-electron chi connectivity index (χ1n) is 11.6. The molecule has 0 saturated heterocycles. The molecule has 0 aliphatic heterocycles. The Morgan fingerprint density at radius 3 is 2.39 bits per heavy atom. The van der Waals surface area contributed by atoms with E-state index in [1.807, 2.05) is 48.5 Å². The molecule has 0 radical (unpaired) electrons. The van der Waals surface area contributed by atoms with E-state index in [-0.39, 0.29) is 30.9 Å². The molecule has 1 aliphatic carbocycles.